The number of alkyl halides is 3. The van der Waals surface area contributed by atoms with Gasteiger partial charge in [-0.2, -0.15) is 18.3 Å². The highest BCUT2D eigenvalue weighted by Crippen LogP contribution is 2.36. The second kappa shape index (κ2) is 7.99. The van der Waals surface area contributed by atoms with Gasteiger partial charge in [-0.05, 0) is 18.6 Å². The molecule has 146 valence electrons. The number of nitrogens with zero attached hydrogens (tertiary/aromatic N) is 1. The fourth-order valence-corrected chi connectivity index (χ4v) is 2.96. The van der Waals surface area contributed by atoms with Crippen LogP contribution in [-0.2, 0) is 19.1 Å². The van der Waals surface area contributed by atoms with Crippen LogP contribution in [0.3, 0.4) is 0 Å². The van der Waals surface area contributed by atoms with Crippen molar-refractivity contribution in [3.8, 4) is 5.75 Å². The number of aromatic nitrogens is 2. The molecule has 2 aromatic rings. The molecule has 2 heterocycles. The number of amides is 1. The summed E-state index contributed by atoms with van der Waals surface area (Å²) in [6.45, 7) is 3.24. The lowest BCUT2D eigenvalue weighted by Gasteiger charge is -2.21. The molecule has 0 fully saturated rings. The van der Waals surface area contributed by atoms with Crippen molar-refractivity contribution in [3.63, 3.8) is 0 Å². The minimum Gasteiger partial charge on any atom is -0.488 e. The average Bonchev–Trinajstić information content (AvgIpc) is 3.08. The van der Waals surface area contributed by atoms with Crippen LogP contribution in [0.25, 0.3) is 0 Å². The second-order valence-electron chi connectivity index (χ2n) is 6.31. The van der Waals surface area contributed by atoms with E-state index in [2.05, 4.69) is 20.8 Å². The molecular weight excluding hydrogens is 361 g/mol. The van der Waals surface area contributed by atoms with Crippen LogP contribution >= 0.6 is 0 Å². The van der Waals surface area contributed by atoms with Crippen molar-refractivity contribution in [1.29, 1.82) is 0 Å². The van der Waals surface area contributed by atoms with Crippen LogP contribution in [0.1, 0.15) is 40.7 Å². The number of H-pyrrole nitrogens is 1. The number of aromatic amines is 1. The number of benzene rings is 1. The lowest BCUT2D eigenvalue weighted by molar-refractivity contribution is -0.139. The Morgan fingerprint density at radius 1 is 1.37 bits per heavy atom. The predicted molar refractivity (Wildman–Crippen MR) is 92.5 cm³/mol. The fourth-order valence-electron chi connectivity index (χ4n) is 2.96. The van der Waals surface area contributed by atoms with Crippen LogP contribution in [0.15, 0.2) is 24.3 Å². The Morgan fingerprint density at radius 3 is 2.89 bits per heavy atom. The third kappa shape index (κ3) is 4.41. The number of para-hydroxylation sites is 1. The van der Waals surface area contributed by atoms with Gasteiger partial charge in [0.1, 0.15) is 11.9 Å². The summed E-state index contributed by atoms with van der Waals surface area (Å²) < 4.78 is 44.8. The van der Waals surface area contributed by atoms with Crippen molar-refractivity contribution in [3.05, 3.63) is 46.8 Å². The summed E-state index contributed by atoms with van der Waals surface area (Å²) in [5, 5.41) is 12.8. The second-order valence-corrected chi connectivity index (χ2v) is 6.31. The number of fused-ring (bicyclic) bond motifs is 1. The minimum atomic E-state index is -4.50. The fraction of sp³-hybridized carbons (Fsp3) is 0.444. The van der Waals surface area contributed by atoms with Gasteiger partial charge >= 0.3 is 6.18 Å². The average molecular weight is 382 g/mol. The third-order valence-electron chi connectivity index (χ3n) is 4.45. The Balaban J connectivity index is 1.65. The smallest absolute Gasteiger partial charge is 0.419 e. The highest BCUT2D eigenvalue weighted by Gasteiger charge is 2.34. The van der Waals surface area contributed by atoms with Crippen LogP contribution in [0, 0.1) is 0 Å². The first-order chi connectivity index (χ1) is 12.9. The normalized spacial score (nSPS) is 15.1. The molecule has 6 nitrogen and oxygen atoms in total. The van der Waals surface area contributed by atoms with E-state index >= 15 is 0 Å². The van der Waals surface area contributed by atoms with E-state index in [1.807, 2.05) is 0 Å². The van der Waals surface area contributed by atoms with Gasteiger partial charge in [-0.1, -0.05) is 19.1 Å². The van der Waals surface area contributed by atoms with Gasteiger partial charge < -0.3 is 15.4 Å². The zero-order valence-corrected chi connectivity index (χ0v) is 14.8. The Hall–Kier alpha value is -2.55. The summed E-state index contributed by atoms with van der Waals surface area (Å²) in [5.41, 5.74) is 1.24. The topological polar surface area (TPSA) is 79.0 Å². The number of carbonyl (C=O) groups is 1. The van der Waals surface area contributed by atoms with E-state index in [1.165, 1.54) is 18.2 Å². The predicted octanol–water partition coefficient (Wildman–Crippen LogP) is 2.66. The monoisotopic (exact) mass is 382 g/mol. The summed E-state index contributed by atoms with van der Waals surface area (Å²) in [7, 11) is 0. The van der Waals surface area contributed by atoms with Gasteiger partial charge in [-0.25, -0.2) is 0 Å². The number of nitrogens with one attached hydrogen (secondary N) is 3. The first kappa shape index (κ1) is 19.2. The number of carbonyl (C=O) groups excluding carboxylic acids is 1. The quantitative estimate of drug-likeness (QED) is 0.718. The van der Waals surface area contributed by atoms with E-state index in [0.29, 0.717) is 18.7 Å². The van der Waals surface area contributed by atoms with Crippen molar-refractivity contribution in [2.24, 2.45) is 0 Å². The molecule has 0 saturated carbocycles. The van der Waals surface area contributed by atoms with E-state index in [9.17, 15) is 18.0 Å². The summed E-state index contributed by atoms with van der Waals surface area (Å²) in [6.07, 6.45) is -3.89. The summed E-state index contributed by atoms with van der Waals surface area (Å²) in [6, 6.07) is 5.05. The maximum atomic E-state index is 13.1. The molecule has 0 aliphatic carbocycles. The zero-order chi connectivity index (χ0) is 19.4. The summed E-state index contributed by atoms with van der Waals surface area (Å²) in [4.78, 5) is 12.4. The number of ether oxygens (including phenoxy) is 1. The maximum Gasteiger partial charge on any atom is 0.419 e. The van der Waals surface area contributed by atoms with Crippen molar-refractivity contribution < 1.29 is 22.7 Å². The van der Waals surface area contributed by atoms with Crippen molar-refractivity contribution in [2.75, 3.05) is 13.1 Å². The Bertz CT molecular complexity index is 804. The van der Waals surface area contributed by atoms with Crippen molar-refractivity contribution in [1.82, 2.24) is 20.8 Å². The molecule has 0 bridgehead atoms. The summed E-state index contributed by atoms with van der Waals surface area (Å²) >= 11 is 0. The Labute approximate surface area is 154 Å². The maximum absolute atomic E-state index is 13.1. The van der Waals surface area contributed by atoms with Gasteiger partial charge in [0, 0.05) is 30.8 Å². The van der Waals surface area contributed by atoms with Gasteiger partial charge in [0.05, 0.1) is 12.1 Å². The highest BCUT2D eigenvalue weighted by atomic mass is 19.4. The number of hydrogen-bond donors (Lipinski definition) is 3. The van der Waals surface area contributed by atoms with E-state index < -0.39 is 17.8 Å². The molecule has 0 saturated heterocycles. The van der Waals surface area contributed by atoms with Gasteiger partial charge in [0.15, 0.2) is 5.69 Å². The molecular formula is C18H21F3N4O2. The molecule has 1 aliphatic rings. The molecule has 1 aromatic carbocycles. The summed E-state index contributed by atoms with van der Waals surface area (Å²) in [5.74, 6) is -0.616. The standard InChI is InChI=1S/C18H21F3N4O2/c1-2-11(27-15-6-4-3-5-13(15)18(19,20)21)9-23-17(26)16-12-10-22-8-7-14(12)24-25-16/h3-6,11,22H,2,7-10H2,1H3,(H,23,26)(H,24,25). The highest BCUT2D eigenvalue weighted by molar-refractivity contribution is 5.94. The van der Waals surface area contributed by atoms with Gasteiger partial charge in [-0.15, -0.1) is 0 Å². The van der Waals surface area contributed by atoms with Gasteiger partial charge in [-0.3, -0.25) is 9.89 Å². The molecule has 9 heteroatoms. The van der Waals surface area contributed by atoms with Gasteiger partial charge in [0.25, 0.3) is 5.91 Å². The van der Waals surface area contributed by atoms with Gasteiger partial charge in [0.2, 0.25) is 0 Å². The lowest BCUT2D eigenvalue weighted by atomic mass is 10.1. The van der Waals surface area contributed by atoms with E-state index in [-0.39, 0.29) is 18.2 Å². The minimum absolute atomic E-state index is 0.0799. The molecule has 1 atom stereocenters. The largest absolute Gasteiger partial charge is 0.488 e. The van der Waals surface area contributed by atoms with Crippen LogP contribution in [-0.4, -0.2) is 35.3 Å². The van der Waals surface area contributed by atoms with E-state index in [0.717, 1.165) is 30.3 Å². The Morgan fingerprint density at radius 2 is 2.15 bits per heavy atom. The molecule has 1 amide bonds. The molecule has 0 radical (unpaired) electrons. The van der Waals surface area contributed by atoms with Crippen molar-refractivity contribution >= 4 is 5.91 Å². The SMILES string of the molecule is CCC(CNC(=O)c1n[nH]c2c1CNCC2)Oc1ccccc1C(F)(F)F. The van der Waals surface area contributed by atoms with Crippen LogP contribution < -0.4 is 15.4 Å². The molecule has 1 aliphatic heterocycles. The molecule has 27 heavy (non-hydrogen) atoms. The molecule has 0 spiro atoms. The van der Waals surface area contributed by atoms with Crippen LogP contribution in [0.4, 0.5) is 13.2 Å². The third-order valence-corrected chi connectivity index (χ3v) is 4.45. The first-order valence-corrected chi connectivity index (χ1v) is 8.78. The molecule has 1 unspecified atom stereocenters. The molecule has 3 rings (SSSR count). The lowest BCUT2D eigenvalue weighted by Crippen LogP contribution is -2.36. The zero-order valence-electron chi connectivity index (χ0n) is 14.8. The number of rotatable bonds is 6. The molecule has 1 aromatic heterocycles. The molecule has 3 N–H and O–H groups in total. The van der Waals surface area contributed by atoms with E-state index in [4.69, 9.17) is 4.74 Å². The van der Waals surface area contributed by atoms with Crippen molar-refractivity contribution in [2.45, 2.75) is 38.6 Å². The number of hydrogen-bond acceptors (Lipinski definition) is 4. The number of halogens is 3. The van der Waals surface area contributed by atoms with E-state index in [1.54, 1.807) is 6.92 Å². The van der Waals surface area contributed by atoms with Crippen LogP contribution in [0.5, 0.6) is 5.75 Å². The van der Waals surface area contributed by atoms with Crippen LogP contribution in [0.2, 0.25) is 0 Å². The Kier molecular flexibility index (Phi) is 5.69. The first-order valence-electron chi connectivity index (χ1n) is 8.78.